The summed E-state index contributed by atoms with van der Waals surface area (Å²) in [5.74, 6) is 6.36. The summed E-state index contributed by atoms with van der Waals surface area (Å²) in [5.41, 5.74) is -2.01. The highest BCUT2D eigenvalue weighted by Crippen LogP contribution is 2.18. The van der Waals surface area contributed by atoms with Gasteiger partial charge in [0.05, 0.1) is 0 Å². The maximum atomic E-state index is 10.00. The standard InChI is InChI=1S/C14H26O2.C2H2O/c1-11(2)9-13(5,15)7-8-14(6,16)10-12(3)4;1-2-3/h11-12,15-16H,9-10H2,1-6H3;1,3H. The highest BCUT2D eigenvalue weighted by molar-refractivity contribution is 5.19. The highest BCUT2D eigenvalue weighted by atomic mass is 16.3. The predicted octanol–water partition coefficient (Wildman–Crippen LogP) is 2.53. The summed E-state index contributed by atoms with van der Waals surface area (Å²) in [5, 5.41) is 27.1. The van der Waals surface area contributed by atoms with Crippen molar-refractivity contribution in [1.82, 2.24) is 0 Å². The van der Waals surface area contributed by atoms with E-state index in [2.05, 4.69) is 18.3 Å². The Kier molecular flexibility index (Phi) is 9.40. The SMILES string of the molecule is C#CO.CC(C)CC(C)(O)C#CC(C)(O)CC(C)C. The van der Waals surface area contributed by atoms with E-state index >= 15 is 0 Å². The molecule has 0 heterocycles. The molecule has 0 aromatic carbocycles. The largest absolute Gasteiger partial charge is 0.462 e. The van der Waals surface area contributed by atoms with Gasteiger partial charge in [0.15, 0.2) is 0 Å². The molecule has 0 spiro atoms. The maximum absolute atomic E-state index is 10.00. The number of aliphatic hydroxyl groups is 3. The third kappa shape index (κ3) is 14.8. The van der Waals surface area contributed by atoms with Gasteiger partial charge >= 0.3 is 0 Å². The topological polar surface area (TPSA) is 60.7 Å². The van der Waals surface area contributed by atoms with Crippen molar-refractivity contribution in [3.63, 3.8) is 0 Å². The Bertz CT molecular complexity index is 309. The van der Waals surface area contributed by atoms with Crippen LogP contribution >= 0.6 is 0 Å². The smallest absolute Gasteiger partial charge is 0.123 e. The minimum absolute atomic E-state index is 0.388. The molecule has 0 saturated carbocycles. The van der Waals surface area contributed by atoms with Gasteiger partial charge in [-0.3, -0.25) is 0 Å². The van der Waals surface area contributed by atoms with Crippen LogP contribution in [-0.2, 0) is 0 Å². The van der Waals surface area contributed by atoms with E-state index in [0.717, 1.165) is 0 Å². The van der Waals surface area contributed by atoms with Gasteiger partial charge in [0.25, 0.3) is 0 Å². The van der Waals surface area contributed by atoms with Gasteiger partial charge in [-0.2, -0.15) is 0 Å². The summed E-state index contributed by atoms with van der Waals surface area (Å²) in [6.45, 7) is 11.6. The maximum Gasteiger partial charge on any atom is 0.123 e. The lowest BCUT2D eigenvalue weighted by Crippen LogP contribution is -2.28. The van der Waals surface area contributed by atoms with Crippen LogP contribution < -0.4 is 0 Å². The second-order valence-electron chi connectivity index (χ2n) is 6.12. The van der Waals surface area contributed by atoms with Crippen LogP contribution in [0.4, 0.5) is 0 Å². The van der Waals surface area contributed by atoms with Crippen LogP contribution in [0.2, 0.25) is 0 Å². The van der Waals surface area contributed by atoms with E-state index in [9.17, 15) is 10.2 Å². The molecule has 0 bridgehead atoms. The zero-order chi connectivity index (χ0) is 15.7. The molecule has 0 aliphatic rings. The summed E-state index contributed by atoms with van der Waals surface area (Å²) in [4.78, 5) is 0. The third-order valence-electron chi connectivity index (χ3n) is 2.21. The normalized spacial score (nSPS) is 16.3. The molecule has 0 saturated heterocycles. The minimum Gasteiger partial charge on any atom is -0.462 e. The molecule has 0 radical (unpaired) electrons. The second-order valence-corrected chi connectivity index (χ2v) is 6.12. The van der Waals surface area contributed by atoms with Gasteiger partial charge in [-0.05, 0) is 38.5 Å². The molecule has 0 aromatic heterocycles. The summed E-state index contributed by atoms with van der Waals surface area (Å²) in [6.07, 6.45) is 6.65. The van der Waals surface area contributed by atoms with E-state index in [1.807, 2.05) is 27.7 Å². The lowest BCUT2D eigenvalue weighted by atomic mass is 9.91. The summed E-state index contributed by atoms with van der Waals surface area (Å²) >= 11 is 0. The lowest BCUT2D eigenvalue weighted by Gasteiger charge is -2.22. The van der Waals surface area contributed by atoms with Gasteiger partial charge in [0, 0.05) is 0 Å². The van der Waals surface area contributed by atoms with E-state index in [1.54, 1.807) is 13.8 Å². The molecule has 0 fully saturated rings. The summed E-state index contributed by atoms with van der Waals surface area (Å²) in [7, 11) is 0. The first-order chi connectivity index (χ1) is 8.45. The van der Waals surface area contributed by atoms with Crippen LogP contribution in [0.25, 0.3) is 0 Å². The van der Waals surface area contributed by atoms with E-state index < -0.39 is 11.2 Å². The number of rotatable bonds is 4. The minimum atomic E-state index is -1.00. The number of aliphatic hydroxyl groups excluding tert-OH is 1. The fourth-order valence-electron chi connectivity index (χ4n) is 1.96. The van der Waals surface area contributed by atoms with Crippen molar-refractivity contribution in [2.24, 2.45) is 11.8 Å². The molecule has 0 aromatic rings. The molecule has 19 heavy (non-hydrogen) atoms. The Morgan fingerprint density at radius 1 is 0.895 bits per heavy atom. The van der Waals surface area contributed by atoms with Gasteiger partial charge in [-0.25, -0.2) is 0 Å². The molecule has 2 atom stereocenters. The second kappa shape index (κ2) is 8.86. The van der Waals surface area contributed by atoms with E-state index in [1.165, 1.54) is 6.11 Å². The van der Waals surface area contributed by atoms with E-state index in [4.69, 9.17) is 5.11 Å². The molecular formula is C16H28O3. The van der Waals surface area contributed by atoms with Crippen LogP contribution in [0.3, 0.4) is 0 Å². The monoisotopic (exact) mass is 268 g/mol. The number of terminal acetylenes is 1. The average molecular weight is 268 g/mol. The molecule has 3 nitrogen and oxygen atoms in total. The Morgan fingerprint density at radius 3 is 1.26 bits per heavy atom. The van der Waals surface area contributed by atoms with Crippen LogP contribution in [0.15, 0.2) is 0 Å². The van der Waals surface area contributed by atoms with Crippen molar-refractivity contribution in [2.45, 2.75) is 65.6 Å². The Hall–Kier alpha value is -1.16. The van der Waals surface area contributed by atoms with E-state index in [0.29, 0.717) is 24.7 Å². The van der Waals surface area contributed by atoms with Crippen molar-refractivity contribution >= 4 is 0 Å². The number of hydrogen-bond donors (Lipinski definition) is 3. The first-order valence-electron chi connectivity index (χ1n) is 6.54. The Morgan fingerprint density at radius 2 is 1.11 bits per heavy atom. The molecule has 0 rings (SSSR count). The van der Waals surface area contributed by atoms with Gasteiger partial charge in [0.2, 0.25) is 0 Å². The molecule has 3 N–H and O–H groups in total. The highest BCUT2D eigenvalue weighted by Gasteiger charge is 2.22. The van der Waals surface area contributed by atoms with Gasteiger partial charge in [-0.1, -0.05) is 46.0 Å². The quantitative estimate of drug-likeness (QED) is 0.687. The average Bonchev–Trinajstić information content (AvgIpc) is 2.12. The lowest BCUT2D eigenvalue weighted by molar-refractivity contribution is 0.0859. The molecule has 0 aliphatic carbocycles. The van der Waals surface area contributed by atoms with Gasteiger partial charge < -0.3 is 15.3 Å². The summed E-state index contributed by atoms with van der Waals surface area (Å²) in [6, 6.07) is 0. The van der Waals surface area contributed by atoms with Crippen molar-refractivity contribution in [1.29, 1.82) is 0 Å². The molecular weight excluding hydrogens is 240 g/mol. The molecule has 3 heteroatoms. The zero-order valence-corrected chi connectivity index (χ0v) is 13.0. The molecule has 110 valence electrons. The van der Waals surface area contributed by atoms with Crippen molar-refractivity contribution in [3.05, 3.63) is 0 Å². The molecule has 2 unspecified atom stereocenters. The third-order valence-corrected chi connectivity index (χ3v) is 2.21. The van der Waals surface area contributed by atoms with Crippen LogP contribution in [0, 0.1) is 36.2 Å². The van der Waals surface area contributed by atoms with Crippen molar-refractivity contribution in [2.75, 3.05) is 0 Å². The van der Waals surface area contributed by atoms with Crippen molar-refractivity contribution < 1.29 is 15.3 Å². The predicted molar refractivity (Wildman–Crippen MR) is 78.7 cm³/mol. The molecule has 0 aliphatic heterocycles. The fraction of sp³-hybridized carbons (Fsp3) is 0.750. The van der Waals surface area contributed by atoms with Crippen LogP contribution in [-0.4, -0.2) is 26.5 Å². The van der Waals surface area contributed by atoms with E-state index in [-0.39, 0.29) is 0 Å². The van der Waals surface area contributed by atoms with Crippen LogP contribution in [0.5, 0.6) is 0 Å². The zero-order valence-electron chi connectivity index (χ0n) is 13.0. The van der Waals surface area contributed by atoms with Crippen molar-refractivity contribution in [3.8, 4) is 24.4 Å². The van der Waals surface area contributed by atoms with Gasteiger partial charge in [-0.15, -0.1) is 0 Å². The first-order valence-corrected chi connectivity index (χ1v) is 6.54. The number of hydrogen-bond acceptors (Lipinski definition) is 3. The Balaban J connectivity index is 0. The summed E-state index contributed by atoms with van der Waals surface area (Å²) < 4.78 is 0. The van der Waals surface area contributed by atoms with Crippen LogP contribution in [0.1, 0.15) is 54.4 Å². The van der Waals surface area contributed by atoms with Gasteiger partial charge in [0.1, 0.15) is 17.3 Å². The molecule has 0 amide bonds. The Labute approximate surface area is 118 Å². The first kappa shape index (κ1) is 20.2. The fourth-order valence-corrected chi connectivity index (χ4v) is 1.96.